The van der Waals surface area contributed by atoms with Crippen molar-refractivity contribution in [2.75, 3.05) is 11.9 Å². The van der Waals surface area contributed by atoms with Crippen LogP contribution < -0.4 is 5.32 Å². The van der Waals surface area contributed by atoms with E-state index in [1.807, 2.05) is 24.3 Å². The summed E-state index contributed by atoms with van der Waals surface area (Å²) >= 11 is 3.35. The molecule has 2 rings (SSSR count). The van der Waals surface area contributed by atoms with Crippen molar-refractivity contribution >= 4 is 27.6 Å². The van der Waals surface area contributed by atoms with Gasteiger partial charge in [-0.15, -0.1) is 0 Å². The second kappa shape index (κ2) is 7.22. The van der Waals surface area contributed by atoms with E-state index in [0.29, 0.717) is 5.69 Å². The molecule has 5 heteroatoms. The van der Waals surface area contributed by atoms with E-state index in [1.165, 1.54) is 12.1 Å². The Balaban J connectivity index is 2.27. The van der Waals surface area contributed by atoms with Crippen LogP contribution in [-0.2, 0) is 9.53 Å². The summed E-state index contributed by atoms with van der Waals surface area (Å²) in [7, 11) is 0. The van der Waals surface area contributed by atoms with Crippen LogP contribution in [0, 0.1) is 5.82 Å². The molecule has 0 heterocycles. The minimum atomic E-state index is -0.681. The number of nitrogens with one attached hydrogen (secondary N) is 1. The van der Waals surface area contributed by atoms with Gasteiger partial charge in [0.2, 0.25) is 0 Å². The molecular weight excluding hydrogens is 337 g/mol. The monoisotopic (exact) mass is 351 g/mol. The molecule has 2 aromatic carbocycles. The van der Waals surface area contributed by atoms with Gasteiger partial charge >= 0.3 is 5.97 Å². The Hall–Kier alpha value is -1.88. The third-order valence-electron chi connectivity index (χ3n) is 2.86. The summed E-state index contributed by atoms with van der Waals surface area (Å²) in [5.41, 5.74) is 1.27. The lowest BCUT2D eigenvalue weighted by Gasteiger charge is -2.19. The van der Waals surface area contributed by atoms with Crippen LogP contribution in [0.25, 0.3) is 0 Å². The van der Waals surface area contributed by atoms with Gasteiger partial charge < -0.3 is 10.1 Å². The molecule has 110 valence electrons. The summed E-state index contributed by atoms with van der Waals surface area (Å²) < 4.78 is 19.3. The summed E-state index contributed by atoms with van der Waals surface area (Å²) in [4.78, 5) is 12.1. The fourth-order valence-electron chi connectivity index (χ4n) is 1.90. The van der Waals surface area contributed by atoms with Gasteiger partial charge in [0.05, 0.1) is 6.61 Å². The summed E-state index contributed by atoms with van der Waals surface area (Å²) in [6.07, 6.45) is 0. The standard InChI is InChI=1S/C16H15BrFNO2/c1-2-21-16(20)15(11-6-8-12(17)9-7-11)19-14-5-3-4-13(18)10-14/h3-10,15,19H,2H2,1H3. The number of benzene rings is 2. The molecule has 0 amide bonds. The second-order valence-corrected chi connectivity index (χ2v) is 5.31. The van der Waals surface area contributed by atoms with Crippen LogP contribution in [0.15, 0.2) is 53.0 Å². The van der Waals surface area contributed by atoms with Crippen LogP contribution in [0.5, 0.6) is 0 Å². The third-order valence-corrected chi connectivity index (χ3v) is 3.39. The maximum atomic E-state index is 13.3. The molecule has 0 aliphatic carbocycles. The Morgan fingerprint density at radius 3 is 2.62 bits per heavy atom. The number of halogens is 2. The Kier molecular flexibility index (Phi) is 5.33. The summed E-state index contributed by atoms with van der Waals surface area (Å²) in [5.74, 6) is -0.762. The second-order valence-electron chi connectivity index (χ2n) is 4.39. The highest BCUT2D eigenvalue weighted by Crippen LogP contribution is 2.23. The molecule has 0 fully saturated rings. The maximum absolute atomic E-state index is 13.3. The highest BCUT2D eigenvalue weighted by atomic mass is 79.9. The number of carbonyl (C=O) groups excluding carboxylic acids is 1. The minimum absolute atomic E-state index is 0.288. The molecule has 0 saturated carbocycles. The van der Waals surface area contributed by atoms with Gasteiger partial charge in [-0.05, 0) is 42.8 Å². The molecule has 0 aliphatic rings. The molecular formula is C16H15BrFNO2. The zero-order valence-corrected chi connectivity index (χ0v) is 13.1. The number of ether oxygens (including phenoxy) is 1. The zero-order valence-electron chi connectivity index (χ0n) is 11.5. The highest BCUT2D eigenvalue weighted by molar-refractivity contribution is 9.10. The van der Waals surface area contributed by atoms with Gasteiger partial charge in [-0.3, -0.25) is 0 Å². The Bertz CT molecular complexity index is 616. The molecule has 0 bridgehead atoms. The summed E-state index contributed by atoms with van der Waals surface area (Å²) in [6, 6.07) is 12.6. The molecule has 1 N–H and O–H groups in total. The van der Waals surface area contributed by atoms with Gasteiger partial charge in [0.15, 0.2) is 6.04 Å². The smallest absolute Gasteiger partial charge is 0.333 e. The van der Waals surface area contributed by atoms with Gasteiger partial charge in [0.1, 0.15) is 5.82 Å². The first-order valence-electron chi connectivity index (χ1n) is 6.54. The number of hydrogen-bond donors (Lipinski definition) is 1. The first kappa shape index (κ1) is 15.5. The number of rotatable bonds is 5. The summed E-state index contributed by atoms with van der Waals surface area (Å²) in [5, 5.41) is 3.01. The first-order chi connectivity index (χ1) is 10.1. The zero-order chi connectivity index (χ0) is 15.2. The van der Waals surface area contributed by atoms with Crippen LogP contribution in [-0.4, -0.2) is 12.6 Å². The Labute approximate surface area is 131 Å². The van der Waals surface area contributed by atoms with Gasteiger partial charge in [0.25, 0.3) is 0 Å². The SMILES string of the molecule is CCOC(=O)C(Nc1cccc(F)c1)c1ccc(Br)cc1. The van der Waals surface area contributed by atoms with E-state index in [-0.39, 0.29) is 12.4 Å². The molecule has 0 aromatic heterocycles. The van der Waals surface area contributed by atoms with Crippen molar-refractivity contribution in [3.8, 4) is 0 Å². The number of carbonyl (C=O) groups is 1. The van der Waals surface area contributed by atoms with Crippen molar-refractivity contribution in [2.45, 2.75) is 13.0 Å². The Morgan fingerprint density at radius 2 is 2.00 bits per heavy atom. The quantitative estimate of drug-likeness (QED) is 0.816. The average molecular weight is 352 g/mol. The van der Waals surface area contributed by atoms with Crippen molar-refractivity contribution < 1.29 is 13.9 Å². The van der Waals surface area contributed by atoms with E-state index >= 15 is 0 Å². The van der Waals surface area contributed by atoms with Crippen LogP contribution in [0.2, 0.25) is 0 Å². The maximum Gasteiger partial charge on any atom is 0.333 e. The third kappa shape index (κ3) is 4.29. The van der Waals surface area contributed by atoms with Crippen molar-refractivity contribution in [1.82, 2.24) is 0 Å². The van der Waals surface area contributed by atoms with Gasteiger partial charge in [-0.2, -0.15) is 0 Å². The van der Waals surface area contributed by atoms with Crippen molar-refractivity contribution in [2.24, 2.45) is 0 Å². The fraction of sp³-hybridized carbons (Fsp3) is 0.188. The van der Waals surface area contributed by atoms with E-state index in [4.69, 9.17) is 4.74 Å². The van der Waals surface area contributed by atoms with E-state index in [0.717, 1.165) is 10.0 Å². The van der Waals surface area contributed by atoms with E-state index in [1.54, 1.807) is 19.1 Å². The van der Waals surface area contributed by atoms with Gasteiger partial charge in [-0.1, -0.05) is 34.1 Å². The molecule has 0 spiro atoms. The molecule has 2 aromatic rings. The predicted octanol–water partition coefficient (Wildman–Crippen LogP) is 4.30. The molecule has 0 aliphatic heterocycles. The predicted molar refractivity (Wildman–Crippen MR) is 83.5 cm³/mol. The van der Waals surface area contributed by atoms with Crippen molar-refractivity contribution in [3.63, 3.8) is 0 Å². The minimum Gasteiger partial charge on any atom is -0.464 e. The Morgan fingerprint density at radius 1 is 1.29 bits per heavy atom. The topological polar surface area (TPSA) is 38.3 Å². The lowest BCUT2D eigenvalue weighted by molar-refractivity contribution is -0.144. The first-order valence-corrected chi connectivity index (χ1v) is 7.33. The summed E-state index contributed by atoms with van der Waals surface area (Å²) in [6.45, 7) is 2.04. The van der Waals surface area contributed by atoms with Crippen LogP contribution in [0.1, 0.15) is 18.5 Å². The molecule has 21 heavy (non-hydrogen) atoms. The normalized spacial score (nSPS) is 11.8. The largest absolute Gasteiger partial charge is 0.464 e. The van der Waals surface area contributed by atoms with Crippen molar-refractivity contribution in [1.29, 1.82) is 0 Å². The fourth-order valence-corrected chi connectivity index (χ4v) is 2.17. The van der Waals surface area contributed by atoms with Crippen LogP contribution in [0.4, 0.5) is 10.1 Å². The molecule has 0 saturated heterocycles. The van der Waals surface area contributed by atoms with E-state index < -0.39 is 12.0 Å². The average Bonchev–Trinajstić information content (AvgIpc) is 2.46. The van der Waals surface area contributed by atoms with Crippen LogP contribution >= 0.6 is 15.9 Å². The van der Waals surface area contributed by atoms with Crippen molar-refractivity contribution in [3.05, 3.63) is 64.4 Å². The van der Waals surface area contributed by atoms with E-state index in [2.05, 4.69) is 21.2 Å². The van der Waals surface area contributed by atoms with Crippen LogP contribution in [0.3, 0.4) is 0 Å². The molecule has 0 radical (unpaired) electrons. The molecule has 3 nitrogen and oxygen atoms in total. The lowest BCUT2D eigenvalue weighted by atomic mass is 10.1. The lowest BCUT2D eigenvalue weighted by Crippen LogP contribution is -2.23. The molecule has 1 unspecified atom stereocenters. The number of esters is 1. The van der Waals surface area contributed by atoms with Gasteiger partial charge in [-0.25, -0.2) is 9.18 Å². The number of hydrogen-bond acceptors (Lipinski definition) is 3. The van der Waals surface area contributed by atoms with E-state index in [9.17, 15) is 9.18 Å². The molecule has 1 atom stereocenters. The van der Waals surface area contributed by atoms with Gasteiger partial charge in [0, 0.05) is 10.2 Å². The number of anilines is 1. The highest BCUT2D eigenvalue weighted by Gasteiger charge is 2.21.